The number of benzene rings is 2. The Labute approximate surface area is 188 Å². The Bertz CT molecular complexity index is 1100. The third-order valence-electron chi connectivity index (χ3n) is 6.16. The summed E-state index contributed by atoms with van der Waals surface area (Å²) >= 11 is 6.40. The molecule has 4 rings (SSSR count). The lowest BCUT2D eigenvalue weighted by molar-refractivity contribution is 0.102. The van der Waals surface area contributed by atoms with Crippen LogP contribution in [0.2, 0.25) is 5.02 Å². The first kappa shape index (κ1) is 21.6. The second-order valence-corrected chi connectivity index (χ2v) is 8.64. The number of amides is 1. The minimum Gasteiger partial charge on any atom is -0.321 e. The van der Waals surface area contributed by atoms with E-state index in [2.05, 4.69) is 28.7 Å². The molecule has 2 heterocycles. The molecular formula is C25H29ClN4O. The van der Waals surface area contributed by atoms with Gasteiger partial charge in [-0.2, -0.15) is 5.10 Å². The number of nitrogens with zero attached hydrogens (tertiary/aromatic N) is 2. The fourth-order valence-electron chi connectivity index (χ4n) is 4.32. The Morgan fingerprint density at radius 3 is 2.68 bits per heavy atom. The van der Waals surface area contributed by atoms with Crippen LogP contribution in [0.25, 0.3) is 5.69 Å². The van der Waals surface area contributed by atoms with Crippen molar-refractivity contribution in [2.24, 2.45) is 0 Å². The highest BCUT2D eigenvalue weighted by molar-refractivity contribution is 6.31. The van der Waals surface area contributed by atoms with E-state index in [9.17, 15) is 4.79 Å². The van der Waals surface area contributed by atoms with Gasteiger partial charge in [0.15, 0.2) is 0 Å². The number of rotatable bonds is 5. The maximum absolute atomic E-state index is 13.5. The highest BCUT2D eigenvalue weighted by Crippen LogP contribution is 2.32. The van der Waals surface area contributed by atoms with Crippen molar-refractivity contribution in [2.45, 2.75) is 46.0 Å². The van der Waals surface area contributed by atoms with E-state index in [0.29, 0.717) is 10.6 Å². The first-order valence-corrected chi connectivity index (χ1v) is 11.3. The van der Waals surface area contributed by atoms with Gasteiger partial charge in [-0.3, -0.25) is 4.79 Å². The maximum atomic E-state index is 13.5. The number of aromatic nitrogens is 2. The number of nitrogens with one attached hydrogen (secondary N) is 2. The van der Waals surface area contributed by atoms with Crippen molar-refractivity contribution in [3.63, 3.8) is 0 Å². The van der Waals surface area contributed by atoms with Crippen LogP contribution in [0.3, 0.4) is 0 Å². The maximum Gasteiger partial charge on any atom is 0.259 e. The van der Waals surface area contributed by atoms with Crippen LogP contribution in [0.5, 0.6) is 0 Å². The van der Waals surface area contributed by atoms with Crippen molar-refractivity contribution in [3.8, 4) is 5.69 Å². The van der Waals surface area contributed by atoms with Gasteiger partial charge in [0.25, 0.3) is 5.91 Å². The summed E-state index contributed by atoms with van der Waals surface area (Å²) in [7, 11) is 0. The molecule has 2 N–H and O–H groups in total. The highest BCUT2D eigenvalue weighted by Gasteiger charge is 2.27. The van der Waals surface area contributed by atoms with Gasteiger partial charge in [-0.1, -0.05) is 42.8 Å². The number of anilines is 1. The summed E-state index contributed by atoms with van der Waals surface area (Å²) in [5.74, 6) is 0.147. The average molecular weight is 437 g/mol. The van der Waals surface area contributed by atoms with Crippen LogP contribution in [0, 0.1) is 13.8 Å². The summed E-state index contributed by atoms with van der Waals surface area (Å²) in [6.07, 6.45) is 4.50. The van der Waals surface area contributed by atoms with E-state index in [1.807, 2.05) is 48.9 Å². The number of carbonyl (C=O) groups is 1. The molecule has 0 aliphatic carbocycles. The van der Waals surface area contributed by atoms with Crippen LogP contribution in [0.1, 0.15) is 58.4 Å². The molecule has 0 bridgehead atoms. The van der Waals surface area contributed by atoms with Gasteiger partial charge in [0, 0.05) is 16.6 Å². The van der Waals surface area contributed by atoms with E-state index in [0.717, 1.165) is 66.1 Å². The molecule has 0 unspecified atom stereocenters. The summed E-state index contributed by atoms with van der Waals surface area (Å²) in [6.45, 7) is 7.98. The highest BCUT2D eigenvalue weighted by atomic mass is 35.5. The third-order valence-corrected chi connectivity index (χ3v) is 6.56. The number of halogens is 1. The van der Waals surface area contributed by atoms with Crippen molar-refractivity contribution >= 4 is 23.2 Å². The summed E-state index contributed by atoms with van der Waals surface area (Å²) in [4.78, 5) is 13.5. The predicted molar refractivity (Wildman–Crippen MR) is 127 cm³/mol. The molecule has 0 atom stereocenters. The molecule has 6 heteroatoms. The molecule has 1 aliphatic rings. The molecule has 5 nitrogen and oxygen atoms in total. The zero-order valence-electron chi connectivity index (χ0n) is 18.3. The minimum absolute atomic E-state index is 0.109. The average Bonchev–Trinajstić information content (AvgIpc) is 3.23. The van der Waals surface area contributed by atoms with Gasteiger partial charge in [0.1, 0.15) is 0 Å². The second-order valence-electron chi connectivity index (χ2n) is 8.23. The standard InChI is InChI=1S/C25H29ClN4O/c1-4-18-7-5-6-17(3)23(18)29-25(31)21-15-28-30(20-9-8-16(2)22(26)14-20)24(21)19-10-12-27-13-11-19/h5-9,14-15,19,27H,4,10-13H2,1-3H3,(H,29,31). The number of para-hydroxylation sites is 1. The van der Waals surface area contributed by atoms with Crippen molar-refractivity contribution in [3.05, 3.63) is 75.6 Å². The van der Waals surface area contributed by atoms with E-state index in [1.165, 1.54) is 0 Å². The number of hydrogen-bond acceptors (Lipinski definition) is 3. The summed E-state index contributed by atoms with van der Waals surface area (Å²) in [5, 5.41) is 11.9. The fourth-order valence-corrected chi connectivity index (χ4v) is 4.50. The SMILES string of the molecule is CCc1cccc(C)c1NC(=O)c1cnn(-c2ccc(C)c(Cl)c2)c1C1CCNCC1. The molecule has 1 aromatic heterocycles. The van der Waals surface area contributed by atoms with Crippen LogP contribution in [0.15, 0.2) is 42.6 Å². The third kappa shape index (κ3) is 4.39. The monoisotopic (exact) mass is 436 g/mol. The second kappa shape index (κ2) is 9.25. The topological polar surface area (TPSA) is 59.0 Å². The summed E-state index contributed by atoms with van der Waals surface area (Å²) < 4.78 is 1.90. The lowest BCUT2D eigenvalue weighted by Gasteiger charge is -2.25. The fraction of sp³-hybridized carbons (Fsp3) is 0.360. The van der Waals surface area contributed by atoms with Gasteiger partial charge in [0.05, 0.1) is 23.1 Å². The van der Waals surface area contributed by atoms with E-state index in [-0.39, 0.29) is 11.8 Å². The molecule has 162 valence electrons. The Balaban J connectivity index is 1.76. The van der Waals surface area contributed by atoms with Crippen molar-refractivity contribution < 1.29 is 4.79 Å². The molecule has 2 aromatic carbocycles. The van der Waals surface area contributed by atoms with E-state index in [1.54, 1.807) is 6.20 Å². The van der Waals surface area contributed by atoms with Crippen LogP contribution < -0.4 is 10.6 Å². The normalized spacial score (nSPS) is 14.6. The van der Waals surface area contributed by atoms with Crippen molar-refractivity contribution in [1.29, 1.82) is 0 Å². The van der Waals surface area contributed by atoms with Gasteiger partial charge in [-0.25, -0.2) is 4.68 Å². The molecule has 3 aromatic rings. The van der Waals surface area contributed by atoms with E-state index in [4.69, 9.17) is 11.6 Å². The zero-order chi connectivity index (χ0) is 22.0. The van der Waals surface area contributed by atoms with Crippen molar-refractivity contribution in [2.75, 3.05) is 18.4 Å². The molecule has 0 saturated carbocycles. The molecule has 1 amide bonds. The Kier molecular flexibility index (Phi) is 6.44. The lowest BCUT2D eigenvalue weighted by Crippen LogP contribution is -2.29. The van der Waals surface area contributed by atoms with Gasteiger partial charge >= 0.3 is 0 Å². The summed E-state index contributed by atoms with van der Waals surface area (Å²) in [5.41, 5.74) is 6.60. The first-order valence-electron chi connectivity index (χ1n) is 10.9. The number of carbonyl (C=O) groups excluding carboxylic acids is 1. The largest absolute Gasteiger partial charge is 0.321 e. The molecule has 1 aliphatic heterocycles. The van der Waals surface area contributed by atoms with Crippen LogP contribution in [-0.4, -0.2) is 28.8 Å². The minimum atomic E-state index is -0.109. The molecule has 1 fully saturated rings. The van der Waals surface area contributed by atoms with Gasteiger partial charge < -0.3 is 10.6 Å². The van der Waals surface area contributed by atoms with Gasteiger partial charge in [-0.15, -0.1) is 0 Å². The van der Waals surface area contributed by atoms with Crippen LogP contribution >= 0.6 is 11.6 Å². The van der Waals surface area contributed by atoms with Crippen molar-refractivity contribution in [1.82, 2.24) is 15.1 Å². The molecular weight excluding hydrogens is 408 g/mol. The molecule has 0 spiro atoms. The van der Waals surface area contributed by atoms with E-state index < -0.39 is 0 Å². The molecule has 31 heavy (non-hydrogen) atoms. The number of aryl methyl sites for hydroxylation is 3. The first-order chi connectivity index (χ1) is 15.0. The predicted octanol–water partition coefficient (Wildman–Crippen LogP) is 5.42. The Morgan fingerprint density at radius 1 is 1.19 bits per heavy atom. The number of piperidine rings is 1. The lowest BCUT2D eigenvalue weighted by atomic mass is 9.91. The van der Waals surface area contributed by atoms with Gasteiger partial charge in [0.2, 0.25) is 0 Å². The quantitative estimate of drug-likeness (QED) is 0.561. The molecule has 0 radical (unpaired) electrons. The molecule has 1 saturated heterocycles. The van der Waals surface area contributed by atoms with Gasteiger partial charge in [-0.05, 0) is 75.0 Å². The van der Waals surface area contributed by atoms with Crippen LogP contribution in [0.4, 0.5) is 5.69 Å². The van der Waals surface area contributed by atoms with Crippen LogP contribution in [-0.2, 0) is 6.42 Å². The Morgan fingerprint density at radius 2 is 1.97 bits per heavy atom. The number of hydrogen-bond donors (Lipinski definition) is 2. The smallest absolute Gasteiger partial charge is 0.259 e. The zero-order valence-corrected chi connectivity index (χ0v) is 19.1. The Hall–Kier alpha value is -2.63. The summed E-state index contributed by atoms with van der Waals surface area (Å²) in [6, 6.07) is 12.0. The van der Waals surface area contributed by atoms with E-state index >= 15 is 0 Å².